The van der Waals surface area contributed by atoms with E-state index in [2.05, 4.69) is 25.3 Å². The van der Waals surface area contributed by atoms with Gasteiger partial charge in [0.1, 0.15) is 28.2 Å². The van der Waals surface area contributed by atoms with E-state index in [1.807, 2.05) is 31.2 Å². The molecule has 0 spiro atoms. The van der Waals surface area contributed by atoms with Gasteiger partial charge in [0.2, 0.25) is 0 Å². The van der Waals surface area contributed by atoms with E-state index in [1.54, 1.807) is 37.5 Å². The molecule has 1 N–H and O–H groups in total. The molecule has 186 valence electrons. The van der Waals surface area contributed by atoms with E-state index in [9.17, 15) is 17.2 Å². The van der Waals surface area contributed by atoms with Gasteiger partial charge in [0.15, 0.2) is 15.5 Å². The van der Waals surface area contributed by atoms with Crippen LogP contribution in [0.15, 0.2) is 78.0 Å². The first kappa shape index (κ1) is 24.4. The highest BCUT2D eigenvalue weighted by atomic mass is 32.2. The van der Waals surface area contributed by atoms with Crippen LogP contribution >= 0.6 is 0 Å². The molecule has 4 heterocycles. The Morgan fingerprint density at radius 2 is 1.65 bits per heavy atom. The van der Waals surface area contributed by atoms with Crippen molar-refractivity contribution in [2.75, 3.05) is 5.32 Å². The lowest BCUT2D eigenvalue weighted by molar-refractivity contribution is 0.548. The van der Waals surface area contributed by atoms with Crippen molar-refractivity contribution in [3.05, 3.63) is 102 Å². The van der Waals surface area contributed by atoms with E-state index >= 15 is 0 Å². The van der Waals surface area contributed by atoms with Gasteiger partial charge in [-0.1, -0.05) is 0 Å². The quantitative estimate of drug-likeness (QED) is 0.289. The molecule has 5 rings (SSSR count). The van der Waals surface area contributed by atoms with Crippen LogP contribution in [0.3, 0.4) is 0 Å². The molecule has 0 saturated carbocycles. The van der Waals surface area contributed by atoms with Crippen molar-refractivity contribution in [3.63, 3.8) is 0 Å². The van der Waals surface area contributed by atoms with Gasteiger partial charge in [-0.3, -0.25) is 4.98 Å². The number of hydrogen-bond donors (Lipinski definition) is 1. The zero-order chi connectivity index (χ0) is 26.2. The van der Waals surface area contributed by atoms with Crippen molar-refractivity contribution in [1.29, 1.82) is 0 Å². The molecule has 0 radical (unpaired) electrons. The van der Waals surface area contributed by atoms with E-state index in [4.69, 9.17) is 0 Å². The van der Waals surface area contributed by atoms with Gasteiger partial charge in [-0.25, -0.2) is 32.2 Å². The Kier molecular flexibility index (Phi) is 6.34. The van der Waals surface area contributed by atoms with Gasteiger partial charge < -0.3 is 5.32 Å². The van der Waals surface area contributed by atoms with Crippen LogP contribution in [-0.2, 0) is 15.6 Å². The van der Waals surface area contributed by atoms with E-state index in [0.29, 0.717) is 40.2 Å². The van der Waals surface area contributed by atoms with Crippen LogP contribution in [-0.4, -0.2) is 28.4 Å². The van der Waals surface area contributed by atoms with Gasteiger partial charge in [0.05, 0.1) is 5.75 Å². The lowest BCUT2D eigenvalue weighted by atomic mass is 10.1. The van der Waals surface area contributed by atoms with E-state index in [0.717, 1.165) is 28.8 Å². The summed E-state index contributed by atoms with van der Waals surface area (Å²) in [7, 11) is -4.07. The lowest BCUT2D eigenvalue weighted by Crippen LogP contribution is -2.09. The second-order valence-electron chi connectivity index (χ2n) is 8.55. The first-order valence-electron chi connectivity index (χ1n) is 11.3. The van der Waals surface area contributed by atoms with Crippen LogP contribution in [0.1, 0.15) is 17.0 Å². The molecule has 7 nitrogen and oxygen atoms in total. The molecule has 0 amide bonds. The minimum atomic E-state index is -4.07. The predicted molar refractivity (Wildman–Crippen MR) is 137 cm³/mol. The molecular weight excluding hydrogens is 496 g/mol. The molecule has 37 heavy (non-hydrogen) atoms. The SMILES string of the molecule is Cc1ccc2ccc(Nc3cc(-c4cnc(C)c(CS(=O)(=O)c5ccc(F)cc5F)c4)ccn3)nc2n1. The van der Waals surface area contributed by atoms with Gasteiger partial charge in [0, 0.05) is 40.8 Å². The van der Waals surface area contributed by atoms with Gasteiger partial charge >= 0.3 is 0 Å². The fourth-order valence-corrected chi connectivity index (χ4v) is 5.35. The number of aromatic nitrogens is 4. The Bertz CT molecular complexity index is 1760. The highest BCUT2D eigenvalue weighted by molar-refractivity contribution is 7.90. The normalized spacial score (nSPS) is 11.6. The van der Waals surface area contributed by atoms with Gasteiger partial charge in [-0.2, -0.15) is 0 Å². The number of nitrogens with one attached hydrogen (secondary N) is 1. The Hall–Kier alpha value is -4.31. The van der Waals surface area contributed by atoms with Crippen molar-refractivity contribution >= 4 is 32.5 Å². The minimum Gasteiger partial charge on any atom is -0.325 e. The topological polar surface area (TPSA) is 97.7 Å². The summed E-state index contributed by atoms with van der Waals surface area (Å²) < 4.78 is 53.2. The third kappa shape index (κ3) is 5.29. The van der Waals surface area contributed by atoms with Gasteiger partial charge in [-0.15, -0.1) is 0 Å². The average molecular weight is 518 g/mol. The maximum absolute atomic E-state index is 14.2. The summed E-state index contributed by atoms with van der Waals surface area (Å²) in [4.78, 5) is 17.1. The number of anilines is 2. The first-order chi connectivity index (χ1) is 17.7. The number of fused-ring (bicyclic) bond motifs is 1. The number of hydrogen-bond acceptors (Lipinski definition) is 7. The Labute approximate surface area is 212 Å². The van der Waals surface area contributed by atoms with E-state index in [-0.39, 0.29) is 0 Å². The number of benzene rings is 1. The molecule has 5 aromatic rings. The molecular formula is C27H21F2N5O2S. The summed E-state index contributed by atoms with van der Waals surface area (Å²) in [5.74, 6) is -1.35. The number of pyridine rings is 4. The van der Waals surface area contributed by atoms with Crippen LogP contribution in [0.2, 0.25) is 0 Å². The summed E-state index contributed by atoms with van der Waals surface area (Å²) in [5.41, 5.74) is 3.78. The zero-order valence-corrected chi connectivity index (χ0v) is 20.7. The van der Waals surface area contributed by atoms with E-state index in [1.165, 1.54) is 0 Å². The summed E-state index contributed by atoms with van der Waals surface area (Å²) in [6.45, 7) is 3.58. The maximum atomic E-state index is 14.2. The first-order valence-corrected chi connectivity index (χ1v) is 12.9. The monoisotopic (exact) mass is 517 g/mol. The lowest BCUT2D eigenvalue weighted by Gasteiger charge is -2.11. The third-order valence-corrected chi connectivity index (χ3v) is 7.50. The Morgan fingerprint density at radius 3 is 2.46 bits per heavy atom. The number of rotatable bonds is 6. The van der Waals surface area contributed by atoms with Gasteiger partial charge in [0.25, 0.3) is 0 Å². The van der Waals surface area contributed by atoms with Crippen LogP contribution in [0.25, 0.3) is 22.2 Å². The van der Waals surface area contributed by atoms with Crippen LogP contribution in [0.4, 0.5) is 20.4 Å². The zero-order valence-electron chi connectivity index (χ0n) is 19.9. The van der Waals surface area contributed by atoms with Crippen molar-refractivity contribution in [3.8, 4) is 11.1 Å². The second kappa shape index (κ2) is 9.62. The molecule has 0 aliphatic heterocycles. The average Bonchev–Trinajstić information content (AvgIpc) is 2.85. The standard InChI is InChI=1S/C27H21F2N5O2S/c1-16-3-4-18-5-8-25(34-27(18)32-16)33-26-12-19(9-10-30-26)20-11-21(17(2)31-14-20)15-37(35,36)24-7-6-22(28)13-23(24)29/h3-14H,15H2,1-2H3,(H,30,32,33,34). The molecule has 0 aliphatic rings. The molecule has 4 aromatic heterocycles. The Balaban J connectivity index is 1.43. The van der Waals surface area contributed by atoms with Crippen LogP contribution < -0.4 is 5.32 Å². The van der Waals surface area contributed by atoms with E-state index < -0.39 is 32.1 Å². The fraction of sp³-hybridized carbons (Fsp3) is 0.111. The molecule has 0 aliphatic carbocycles. The van der Waals surface area contributed by atoms with Crippen molar-refractivity contribution in [1.82, 2.24) is 19.9 Å². The maximum Gasteiger partial charge on any atom is 0.185 e. The van der Waals surface area contributed by atoms with Crippen molar-refractivity contribution < 1.29 is 17.2 Å². The number of aryl methyl sites for hydroxylation is 2. The summed E-state index contributed by atoms with van der Waals surface area (Å²) in [6.07, 6.45) is 3.25. The molecule has 0 atom stereocenters. The predicted octanol–water partition coefficient (Wildman–Crippen LogP) is 5.70. The van der Waals surface area contributed by atoms with Crippen LogP contribution in [0.5, 0.6) is 0 Å². The number of halogens is 2. The highest BCUT2D eigenvalue weighted by Gasteiger charge is 2.22. The molecule has 10 heteroatoms. The summed E-state index contributed by atoms with van der Waals surface area (Å²) in [6, 6.07) is 15.3. The Morgan fingerprint density at radius 1 is 0.838 bits per heavy atom. The summed E-state index contributed by atoms with van der Waals surface area (Å²) >= 11 is 0. The summed E-state index contributed by atoms with van der Waals surface area (Å²) in [5, 5.41) is 4.09. The van der Waals surface area contributed by atoms with Crippen molar-refractivity contribution in [2.24, 2.45) is 0 Å². The fourth-order valence-electron chi connectivity index (χ4n) is 3.87. The molecule has 0 fully saturated rings. The van der Waals surface area contributed by atoms with Gasteiger partial charge in [-0.05, 0) is 79.6 Å². The number of nitrogens with zero attached hydrogens (tertiary/aromatic N) is 4. The molecule has 0 bridgehead atoms. The van der Waals surface area contributed by atoms with Crippen molar-refractivity contribution in [2.45, 2.75) is 24.5 Å². The minimum absolute atomic E-state index is 0.408. The molecule has 1 aromatic carbocycles. The largest absolute Gasteiger partial charge is 0.325 e. The third-order valence-electron chi connectivity index (χ3n) is 5.81. The number of sulfone groups is 1. The molecule has 0 unspecified atom stereocenters. The highest BCUT2D eigenvalue weighted by Crippen LogP contribution is 2.27. The molecule has 0 saturated heterocycles. The van der Waals surface area contributed by atoms with Crippen LogP contribution in [0, 0.1) is 25.5 Å². The smallest absolute Gasteiger partial charge is 0.185 e. The second-order valence-corrected chi connectivity index (χ2v) is 10.5.